The van der Waals surface area contributed by atoms with E-state index in [0.717, 1.165) is 31.8 Å². The smallest absolute Gasteiger partial charge is 0.317 e. The minimum atomic E-state index is 0.0143. The molecule has 0 atom stereocenters. The highest BCUT2D eigenvalue weighted by atomic mass is 16.5. The standard InChI is InChI=1S/C11H18N4O2/c1-9-3-6-15(7-4-9)11(16)12-5-2-10-13-8-17-14-10/h8-9H,2-7H2,1H3,(H,12,16). The Morgan fingerprint density at radius 3 is 3.00 bits per heavy atom. The summed E-state index contributed by atoms with van der Waals surface area (Å²) in [5, 5.41) is 6.56. The molecular weight excluding hydrogens is 220 g/mol. The lowest BCUT2D eigenvalue weighted by Crippen LogP contribution is -2.44. The molecule has 1 N–H and O–H groups in total. The fraction of sp³-hybridized carbons (Fsp3) is 0.727. The number of rotatable bonds is 3. The van der Waals surface area contributed by atoms with Gasteiger partial charge in [0.15, 0.2) is 5.82 Å². The van der Waals surface area contributed by atoms with E-state index in [0.29, 0.717) is 18.8 Å². The van der Waals surface area contributed by atoms with E-state index in [9.17, 15) is 4.79 Å². The Bertz CT molecular complexity index is 344. The zero-order chi connectivity index (χ0) is 12.1. The van der Waals surface area contributed by atoms with Gasteiger partial charge >= 0.3 is 6.03 Å². The molecular formula is C11H18N4O2. The summed E-state index contributed by atoms with van der Waals surface area (Å²) in [6, 6.07) is 0.0143. The maximum absolute atomic E-state index is 11.8. The van der Waals surface area contributed by atoms with Crippen LogP contribution in [0.3, 0.4) is 0 Å². The summed E-state index contributed by atoms with van der Waals surface area (Å²) < 4.78 is 4.62. The topological polar surface area (TPSA) is 71.3 Å². The monoisotopic (exact) mass is 238 g/mol. The number of piperidine rings is 1. The molecule has 0 aromatic carbocycles. The quantitative estimate of drug-likeness (QED) is 0.854. The SMILES string of the molecule is CC1CCN(C(=O)NCCc2ncon2)CC1. The lowest BCUT2D eigenvalue weighted by Gasteiger charge is -2.30. The van der Waals surface area contributed by atoms with E-state index in [1.807, 2.05) is 4.90 Å². The Labute approximate surface area is 100 Å². The molecule has 0 aliphatic carbocycles. The number of likely N-dealkylation sites (tertiary alicyclic amines) is 1. The summed E-state index contributed by atoms with van der Waals surface area (Å²) in [7, 11) is 0. The number of hydrogen-bond acceptors (Lipinski definition) is 4. The van der Waals surface area contributed by atoms with Crippen LogP contribution in [0.5, 0.6) is 0 Å². The van der Waals surface area contributed by atoms with Gasteiger partial charge in [-0.15, -0.1) is 0 Å². The third kappa shape index (κ3) is 3.44. The predicted octanol–water partition coefficient (Wildman–Crippen LogP) is 1.05. The van der Waals surface area contributed by atoms with Crippen molar-refractivity contribution in [2.45, 2.75) is 26.2 Å². The van der Waals surface area contributed by atoms with Crippen LogP contribution in [-0.4, -0.2) is 40.7 Å². The lowest BCUT2D eigenvalue weighted by molar-refractivity contribution is 0.174. The average molecular weight is 238 g/mol. The van der Waals surface area contributed by atoms with Crippen LogP contribution < -0.4 is 5.32 Å². The molecule has 2 rings (SSSR count). The van der Waals surface area contributed by atoms with Crippen molar-refractivity contribution in [1.82, 2.24) is 20.4 Å². The molecule has 0 saturated carbocycles. The van der Waals surface area contributed by atoms with Gasteiger partial charge in [-0.25, -0.2) is 4.79 Å². The highest BCUT2D eigenvalue weighted by molar-refractivity contribution is 5.74. The second-order valence-electron chi connectivity index (χ2n) is 4.50. The number of aromatic nitrogens is 2. The van der Waals surface area contributed by atoms with Crippen LogP contribution in [0.25, 0.3) is 0 Å². The molecule has 2 amide bonds. The minimum absolute atomic E-state index is 0.0143. The highest BCUT2D eigenvalue weighted by Crippen LogP contribution is 2.15. The zero-order valence-electron chi connectivity index (χ0n) is 10.1. The van der Waals surface area contributed by atoms with Gasteiger partial charge in [0.1, 0.15) is 0 Å². The zero-order valence-corrected chi connectivity index (χ0v) is 10.1. The molecule has 94 valence electrons. The summed E-state index contributed by atoms with van der Waals surface area (Å²) in [6.07, 6.45) is 4.09. The summed E-state index contributed by atoms with van der Waals surface area (Å²) in [5.74, 6) is 1.36. The third-order valence-electron chi connectivity index (χ3n) is 3.10. The van der Waals surface area contributed by atoms with Gasteiger partial charge in [0.25, 0.3) is 0 Å². The average Bonchev–Trinajstić information content (AvgIpc) is 2.83. The maximum atomic E-state index is 11.8. The molecule has 2 heterocycles. The van der Waals surface area contributed by atoms with Crippen molar-refractivity contribution in [1.29, 1.82) is 0 Å². The fourth-order valence-electron chi connectivity index (χ4n) is 1.91. The normalized spacial score (nSPS) is 17.1. The first kappa shape index (κ1) is 11.9. The van der Waals surface area contributed by atoms with Crippen LogP contribution in [0.4, 0.5) is 4.79 Å². The molecule has 6 nitrogen and oxygen atoms in total. The van der Waals surface area contributed by atoms with Crippen LogP contribution >= 0.6 is 0 Å². The molecule has 1 fully saturated rings. The van der Waals surface area contributed by atoms with E-state index in [-0.39, 0.29) is 6.03 Å². The summed E-state index contributed by atoms with van der Waals surface area (Å²) in [5.41, 5.74) is 0. The molecule has 1 aromatic heterocycles. The van der Waals surface area contributed by atoms with Crippen molar-refractivity contribution in [2.75, 3.05) is 19.6 Å². The molecule has 6 heteroatoms. The number of carbonyl (C=O) groups excluding carboxylic acids is 1. The molecule has 1 saturated heterocycles. The molecule has 0 bridgehead atoms. The molecule has 1 aliphatic heterocycles. The van der Waals surface area contributed by atoms with E-state index < -0.39 is 0 Å². The largest absolute Gasteiger partial charge is 0.343 e. The fourth-order valence-corrected chi connectivity index (χ4v) is 1.91. The van der Waals surface area contributed by atoms with Gasteiger partial charge in [-0.1, -0.05) is 12.1 Å². The second-order valence-corrected chi connectivity index (χ2v) is 4.50. The van der Waals surface area contributed by atoms with Crippen LogP contribution in [0, 0.1) is 5.92 Å². The van der Waals surface area contributed by atoms with Crippen molar-refractivity contribution in [3.05, 3.63) is 12.2 Å². The Kier molecular flexibility index (Phi) is 3.95. The first-order chi connectivity index (χ1) is 8.25. The lowest BCUT2D eigenvalue weighted by atomic mass is 10.00. The van der Waals surface area contributed by atoms with E-state index in [1.54, 1.807) is 0 Å². The van der Waals surface area contributed by atoms with Crippen molar-refractivity contribution in [3.8, 4) is 0 Å². The van der Waals surface area contributed by atoms with E-state index in [2.05, 4.69) is 26.9 Å². The molecule has 1 aromatic rings. The second kappa shape index (κ2) is 5.65. The van der Waals surface area contributed by atoms with Crippen LogP contribution in [-0.2, 0) is 6.42 Å². The molecule has 17 heavy (non-hydrogen) atoms. The van der Waals surface area contributed by atoms with Gasteiger partial charge in [-0.05, 0) is 18.8 Å². The molecule has 0 spiro atoms. The number of amides is 2. The van der Waals surface area contributed by atoms with Gasteiger partial charge in [0, 0.05) is 26.1 Å². The van der Waals surface area contributed by atoms with Crippen LogP contribution in [0.1, 0.15) is 25.6 Å². The van der Waals surface area contributed by atoms with Gasteiger partial charge < -0.3 is 14.7 Å². The number of carbonyl (C=O) groups is 1. The van der Waals surface area contributed by atoms with Gasteiger partial charge in [-0.3, -0.25) is 0 Å². The summed E-state index contributed by atoms with van der Waals surface area (Å²) >= 11 is 0. The Morgan fingerprint density at radius 1 is 1.59 bits per heavy atom. The Morgan fingerprint density at radius 2 is 2.35 bits per heavy atom. The predicted molar refractivity (Wildman–Crippen MR) is 61.4 cm³/mol. The summed E-state index contributed by atoms with van der Waals surface area (Å²) in [4.78, 5) is 17.5. The number of hydrogen-bond donors (Lipinski definition) is 1. The van der Waals surface area contributed by atoms with E-state index >= 15 is 0 Å². The Balaban J connectivity index is 1.67. The van der Waals surface area contributed by atoms with Crippen molar-refractivity contribution in [2.24, 2.45) is 5.92 Å². The first-order valence-corrected chi connectivity index (χ1v) is 6.03. The molecule has 0 unspecified atom stereocenters. The number of urea groups is 1. The summed E-state index contributed by atoms with van der Waals surface area (Å²) in [6.45, 7) is 4.49. The highest BCUT2D eigenvalue weighted by Gasteiger charge is 2.19. The van der Waals surface area contributed by atoms with Gasteiger partial charge in [-0.2, -0.15) is 4.98 Å². The Hall–Kier alpha value is -1.59. The van der Waals surface area contributed by atoms with Crippen LogP contribution in [0.15, 0.2) is 10.9 Å². The van der Waals surface area contributed by atoms with Crippen LogP contribution in [0.2, 0.25) is 0 Å². The van der Waals surface area contributed by atoms with Gasteiger partial charge in [0.05, 0.1) is 0 Å². The number of nitrogens with zero attached hydrogens (tertiary/aromatic N) is 3. The van der Waals surface area contributed by atoms with Gasteiger partial charge in [0.2, 0.25) is 6.39 Å². The van der Waals surface area contributed by atoms with Crippen molar-refractivity contribution in [3.63, 3.8) is 0 Å². The third-order valence-corrected chi connectivity index (χ3v) is 3.10. The maximum Gasteiger partial charge on any atom is 0.317 e. The van der Waals surface area contributed by atoms with E-state index in [1.165, 1.54) is 6.39 Å². The van der Waals surface area contributed by atoms with Crippen molar-refractivity contribution < 1.29 is 9.32 Å². The molecule has 0 radical (unpaired) electrons. The van der Waals surface area contributed by atoms with E-state index in [4.69, 9.17) is 0 Å². The first-order valence-electron chi connectivity index (χ1n) is 6.03. The number of nitrogens with one attached hydrogen (secondary N) is 1. The minimum Gasteiger partial charge on any atom is -0.343 e. The molecule has 1 aliphatic rings. The van der Waals surface area contributed by atoms with Crippen molar-refractivity contribution >= 4 is 6.03 Å².